The average molecular weight is 471 g/mol. The van der Waals surface area contributed by atoms with Crippen molar-refractivity contribution in [1.29, 1.82) is 0 Å². The minimum atomic E-state index is 0.516. The Morgan fingerprint density at radius 2 is 1.91 bits per heavy atom. The largest absolute Gasteiger partial charge is 0.477 e. The summed E-state index contributed by atoms with van der Waals surface area (Å²) in [4.78, 5) is 14.0. The molecule has 0 radical (unpaired) electrons. The molecule has 5 heterocycles. The maximum absolute atomic E-state index is 6.13. The lowest BCUT2D eigenvalue weighted by Gasteiger charge is -2.46. The number of para-hydroxylation sites is 1. The van der Waals surface area contributed by atoms with Crippen molar-refractivity contribution in [3.63, 3.8) is 0 Å². The predicted octanol–water partition coefficient (Wildman–Crippen LogP) is 4.21. The third-order valence-electron chi connectivity index (χ3n) is 7.03. The van der Waals surface area contributed by atoms with E-state index in [0.29, 0.717) is 31.0 Å². The summed E-state index contributed by atoms with van der Waals surface area (Å²) in [5.41, 5.74) is 1.80. The van der Waals surface area contributed by atoms with Gasteiger partial charge in [-0.25, -0.2) is 9.97 Å². The maximum atomic E-state index is 6.13. The van der Waals surface area contributed by atoms with Gasteiger partial charge in [-0.3, -0.25) is 4.90 Å². The Labute approximate surface area is 204 Å². The van der Waals surface area contributed by atoms with E-state index in [-0.39, 0.29) is 0 Å². The topological polar surface area (TPSA) is 79.5 Å². The van der Waals surface area contributed by atoms with Crippen LogP contribution in [0.1, 0.15) is 18.5 Å². The molecule has 35 heavy (non-hydrogen) atoms. The van der Waals surface area contributed by atoms with Crippen LogP contribution < -0.4 is 15.0 Å². The summed E-state index contributed by atoms with van der Waals surface area (Å²) in [5.74, 6) is 3.03. The zero-order valence-electron chi connectivity index (χ0n) is 19.7. The van der Waals surface area contributed by atoms with Gasteiger partial charge in [0.05, 0.1) is 24.2 Å². The standard InChI is InChI=1S/C27H30N6O2/c1-2-8-24-23(7-1)27(31-35-24)33-15-14-32-17-20(11-12-22(32)18-33)19-34-26-10-5-6-21(30-26)16-29-25-9-3-4-13-28-25/h1-10,13,20,22H,11-12,14-19H2,(H,28,29). The number of piperazine rings is 1. The van der Waals surface area contributed by atoms with Crippen molar-refractivity contribution < 1.29 is 9.26 Å². The first-order valence-electron chi connectivity index (χ1n) is 12.4. The van der Waals surface area contributed by atoms with E-state index in [2.05, 4.69) is 36.3 Å². The molecule has 2 atom stereocenters. The third kappa shape index (κ3) is 4.93. The van der Waals surface area contributed by atoms with Crippen LogP contribution in [-0.4, -0.2) is 58.9 Å². The molecule has 180 valence electrons. The molecule has 2 unspecified atom stereocenters. The van der Waals surface area contributed by atoms with E-state index in [1.165, 1.54) is 6.42 Å². The van der Waals surface area contributed by atoms with Crippen LogP contribution in [0.25, 0.3) is 11.0 Å². The minimum Gasteiger partial charge on any atom is -0.477 e. The van der Waals surface area contributed by atoms with Crippen molar-refractivity contribution in [2.45, 2.75) is 25.4 Å². The Morgan fingerprint density at radius 3 is 2.86 bits per heavy atom. The molecule has 2 saturated heterocycles. The van der Waals surface area contributed by atoms with Gasteiger partial charge in [-0.15, -0.1) is 0 Å². The Kier molecular flexibility index (Phi) is 6.19. The number of hydrogen-bond acceptors (Lipinski definition) is 8. The summed E-state index contributed by atoms with van der Waals surface area (Å²) < 4.78 is 11.7. The van der Waals surface area contributed by atoms with Gasteiger partial charge in [0, 0.05) is 50.4 Å². The van der Waals surface area contributed by atoms with Crippen LogP contribution in [0.4, 0.5) is 11.6 Å². The van der Waals surface area contributed by atoms with Crippen LogP contribution >= 0.6 is 0 Å². The SMILES string of the molecule is c1ccc(NCc2cccc(OCC3CCC4CN(c5noc6ccccc56)CCN4C3)n2)nc1. The Morgan fingerprint density at radius 1 is 0.971 bits per heavy atom. The molecule has 3 aromatic heterocycles. The number of nitrogens with one attached hydrogen (secondary N) is 1. The molecule has 2 aliphatic heterocycles. The Bertz CT molecular complexity index is 1260. The molecule has 4 aromatic rings. The number of benzene rings is 1. The summed E-state index contributed by atoms with van der Waals surface area (Å²) in [5, 5.41) is 8.77. The molecule has 1 aromatic carbocycles. The van der Waals surface area contributed by atoms with Crippen molar-refractivity contribution in [2.75, 3.05) is 43.0 Å². The highest BCUT2D eigenvalue weighted by Crippen LogP contribution is 2.31. The first-order chi connectivity index (χ1) is 17.3. The fourth-order valence-corrected chi connectivity index (χ4v) is 5.18. The van der Waals surface area contributed by atoms with Crippen molar-refractivity contribution in [3.8, 4) is 5.88 Å². The summed E-state index contributed by atoms with van der Waals surface area (Å²) in [6, 6.07) is 20.4. The number of piperidine rings is 1. The summed E-state index contributed by atoms with van der Waals surface area (Å²) in [7, 11) is 0. The molecule has 1 N–H and O–H groups in total. The molecule has 6 rings (SSSR count). The molecular formula is C27H30N6O2. The van der Waals surface area contributed by atoms with Gasteiger partial charge >= 0.3 is 0 Å². The fraction of sp³-hybridized carbons (Fsp3) is 0.370. The predicted molar refractivity (Wildman–Crippen MR) is 136 cm³/mol. The van der Waals surface area contributed by atoms with E-state index in [1.807, 2.05) is 54.6 Å². The van der Waals surface area contributed by atoms with Gasteiger partial charge in [0.1, 0.15) is 5.82 Å². The zero-order chi connectivity index (χ0) is 23.5. The molecule has 8 nitrogen and oxygen atoms in total. The lowest BCUT2D eigenvalue weighted by molar-refractivity contribution is 0.0716. The molecule has 0 aliphatic carbocycles. The van der Waals surface area contributed by atoms with Crippen LogP contribution in [0.5, 0.6) is 5.88 Å². The quantitative estimate of drug-likeness (QED) is 0.430. The Hall–Kier alpha value is -3.65. The van der Waals surface area contributed by atoms with Gasteiger partial charge in [0.15, 0.2) is 11.4 Å². The highest BCUT2D eigenvalue weighted by Gasteiger charge is 2.34. The highest BCUT2D eigenvalue weighted by atomic mass is 16.5. The average Bonchev–Trinajstić information content (AvgIpc) is 3.35. The first-order valence-corrected chi connectivity index (χ1v) is 12.4. The molecule has 0 spiro atoms. The molecule has 0 bridgehead atoms. The number of aromatic nitrogens is 3. The van der Waals surface area contributed by atoms with Gasteiger partial charge in [-0.2, -0.15) is 0 Å². The molecule has 8 heteroatoms. The van der Waals surface area contributed by atoms with Crippen LogP contribution in [0.2, 0.25) is 0 Å². The molecule has 2 aliphatic rings. The highest BCUT2D eigenvalue weighted by molar-refractivity contribution is 5.88. The number of hydrogen-bond donors (Lipinski definition) is 1. The van der Waals surface area contributed by atoms with E-state index in [0.717, 1.165) is 60.9 Å². The smallest absolute Gasteiger partial charge is 0.213 e. The van der Waals surface area contributed by atoms with Crippen LogP contribution in [0.3, 0.4) is 0 Å². The number of rotatable bonds is 7. The lowest BCUT2D eigenvalue weighted by atomic mass is 9.91. The third-order valence-corrected chi connectivity index (χ3v) is 7.03. The summed E-state index contributed by atoms with van der Waals surface area (Å²) in [6.07, 6.45) is 4.11. The maximum Gasteiger partial charge on any atom is 0.213 e. The van der Waals surface area contributed by atoms with Crippen molar-refractivity contribution in [3.05, 3.63) is 72.6 Å². The van der Waals surface area contributed by atoms with E-state index in [9.17, 15) is 0 Å². The molecule has 2 fully saturated rings. The monoisotopic (exact) mass is 470 g/mol. The Balaban J connectivity index is 1.01. The second-order valence-corrected chi connectivity index (χ2v) is 9.39. The number of anilines is 2. The van der Waals surface area contributed by atoms with E-state index < -0.39 is 0 Å². The second kappa shape index (κ2) is 9.92. The van der Waals surface area contributed by atoms with Crippen LogP contribution in [0.15, 0.2) is 71.4 Å². The lowest BCUT2D eigenvalue weighted by Crippen LogP contribution is -2.57. The van der Waals surface area contributed by atoms with Crippen molar-refractivity contribution in [1.82, 2.24) is 20.0 Å². The van der Waals surface area contributed by atoms with Gasteiger partial charge in [-0.05, 0) is 43.2 Å². The van der Waals surface area contributed by atoms with Gasteiger partial charge in [0.2, 0.25) is 5.88 Å². The van der Waals surface area contributed by atoms with E-state index in [4.69, 9.17) is 9.26 Å². The molecular weight excluding hydrogens is 440 g/mol. The number of fused-ring (bicyclic) bond motifs is 2. The van der Waals surface area contributed by atoms with E-state index in [1.54, 1.807) is 6.20 Å². The first kappa shape index (κ1) is 21.9. The van der Waals surface area contributed by atoms with Crippen LogP contribution in [-0.2, 0) is 6.54 Å². The van der Waals surface area contributed by atoms with Gasteiger partial charge in [-0.1, -0.05) is 29.4 Å². The number of pyridine rings is 2. The molecule has 0 saturated carbocycles. The van der Waals surface area contributed by atoms with Crippen molar-refractivity contribution >= 4 is 22.6 Å². The van der Waals surface area contributed by atoms with Crippen LogP contribution in [0, 0.1) is 5.92 Å². The number of ether oxygens (including phenoxy) is 1. The van der Waals surface area contributed by atoms with Crippen molar-refractivity contribution in [2.24, 2.45) is 5.92 Å². The fourth-order valence-electron chi connectivity index (χ4n) is 5.18. The summed E-state index contributed by atoms with van der Waals surface area (Å²) in [6.45, 7) is 5.38. The van der Waals surface area contributed by atoms with Gasteiger partial charge < -0.3 is 19.5 Å². The second-order valence-electron chi connectivity index (χ2n) is 9.39. The normalized spacial score (nSPS) is 20.5. The minimum absolute atomic E-state index is 0.516. The zero-order valence-corrected chi connectivity index (χ0v) is 19.7. The molecule has 0 amide bonds. The van der Waals surface area contributed by atoms with Gasteiger partial charge in [0.25, 0.3) is 0 Å². The van der Waals surface area contributed by atoms with E-state index >= 15 is 0 Å². The summed E-state index contributed by atoms with van der Waals surface area (Å²) >= 11 is 0. The number of nitrogens with zero attached hydrogens (tertiary/aromatic N) is 5.